The van der Waals surface area contributed by atoms with E-state index in [1.807, 2.05) is 0 Å². The first-order valence-electron chi connectivity index (χ1n) is 8.98. The number of aryl methyl sites for hydroxylation is 1. The van der Waals surface area contributed by atoms with E-state index in [0.29, 0.717) is 28.2 Å². The predicted octanol–water partition coefficient (Wildman–Crippen LogP) is 2.81. The molecule has 0 aliphatic carbocycles. The van der Waals surface area contributed by atoms with Crippen LogP contribution in [0, 0.1) is 17.0 Å². The standard InChI is InChI=1S/C21H18N2O8/c1-12-4-6-14(10-16(12)23(26)27)20-22-15(21(25)31-20)8-13-5-7-17(18(9-13)28-2)30-11-19(24)29-3/h4-10H,11H2,1-3H3/b15-8-. The molecule has 0 atom stereocenters. The second kappa shape index (κ2) is 9.08. The van der Waals surface area contributed by atoms with E-state index in [4.69, 9.17) is 14.2 Å². The number of esters is 2. The van der Waals surface area contributed by atoms with Crippen molar-refractivity contribution < 1.29 is 33.5 Å². The van der Waals surface area contributed by atoms with Crippen molar-refractivity contribution in [2.45, 2.75) is 6.92 Å². The number of aliphatic imine (C=N–C) groups is 1. The van der Waals surface area contributed by atoms with Crippen molar-refractivity contribution in [3.8, 4) is 11.5 Å². The SMILES string of the molecule is COC(=O)COc1ccc(/C=C2\N=C(c3ccc(C)c([N+](=O)[O-])c3)OC2=O)cc1OC. The van der Waals surface area contributed by atoms with Crippen molar-refractivity contribution in [1.82, 2.24) is 0 Å². The van der Waals surface area contributed by atoms with Crippen molar-refractivity contribution in [1.29, 1.82) is 0 Å². The van der Waals surface area contributed by atoms with E-state index in [2.05, 4.69) is 9.73 Å². The van der Waals surface area contributed by atoms with Crippen LogP contribution in [-0.4, -0.2) is 43.6 Å². The van der Waals surface area contributed by atoms with Crippen LogP contribution in [0.2, 0.25) is 0 Å². The molecule has 0 spiro atoms. The Morgan fingerprint density at radius 2 is 1.97 bits per heavy atom. The molecule has 1 aliphatic rings. The van der Waals surface area contributed by atoms with Gasteiger partial charge in [0.25, 0.3) is 5.69 Å². The summed E-state index contributed by atoms with van der Waals surface area (Å²) in [6.45, 7) is 1.33. The second-order valence-electron chi connectivity index (χ2n) is 6.37. The fourth-order valence-electron chi connectivity index (χ4n) is 2.72. The van der Waals surface area contributed by atoms with Gasteiger partial charge in [-0.1, -0.05) is 12.1 Å². The molecule has 0 radical (unpaired) electrons. The number of rotatable bonds is 7. The largest absolute Gasteiger partial charge is 0.493 e. The van der Waals surface area contributed by atoms with Gasteiger partial charge in [-0.3, -0.25) is 10.1 Å². The van der Waals surface area contributed by atoms with Gasteiger partial charge in [-0.25, -0.2) is 14.6 Å². The van der Waals surface area contributed by atoms with Crippen LogP contribution in [0.15, 0.2) is 47.1 Å². The van der Waals surface area contributed by atoms with E-state index in [-0.39, 0.29) is 23.9 Å². The van der Waals surface area contributed by atoms with Gasteiger partial charge in [0, 0.05) is 17.2 Å². The minimum absolute atomic E-state index is 0.0171. The summed E-state index contributed by atoms with van der Waals surface area (Å²) in [4.78, 5) is 38.3. The lowest BCUT2D eigenvalue weighted by Gasteiger charge is -2.10. The molecule has 0 unspecified atom stereocenters. The third kappa shape index (κ3) is 4.86. The van der Waals surface area contributed by atoms with Crippen molar-refractivity contribution in [3.05, 3.63) is 68.9 Å². The van der Waals surface area contributed by atoms with Crippen LogP contribution in [0.3, 0.4) is 0 Å². The van der Waals surface area contributed by atoms with Crippen LogP contribution in [-0.2, 0) is 19.1 Å². The molecule has 2 aromatic rings. The maximum absolute atomic E-state index is 12.2. The number of nitrogens with zero attached hydrogens (tertiary/aromatic N) is 2. The highest BCUT2D eigenvalue weighted by Gasteiger charge is 2.26. The molecule has 0 amide bonds. The number of carbonyl (C=O) groups is 2. The molecule has 1 aliphatic heterocycles. The van der Waals surface area contributed by atoms with Crippen molar-refractivity contribution in [3.63, 3.8) is 0 Å². The number of ether oxygens (including phenoxy) is 4. The van der Waals surface area contributed by atoms with Crippen LogP contribution >= 0.6 is 0 Å². The van der Waals surface area contributed by atoms with Gasteiger partial charge in [-0.2, -0.15) is 0 Å². The summed E-state index contributed by atoms with van der Waals surface area (Å²) in [6, 6.07) is 9.26. The zero-order chi connectivity index (χ0) is 22.5. The van der Waals surface area contributed by atoms with Crippen molar-refractivity contribution in [2.75, 3.05) is 20.8 Å². The Labute approximate surface area is 176 Å². The fraction of sp³-hybridized carbons (Fsp3) is 0.190. The molecule has 10 nitrogen and oxygen atoms in total. The van der Waals surface area contributed by atoms with Gasteiger partial charge in [0.05, 0.1) is 19.1 Å². The number of benzene rings is 2. The minimum atomic E-state index is -0.691. The molecule has 31 heavy (non-hydrogen) atoms. The molecule has 10 heteroatoms. The van der Waals surface area contributed by atoms with Crippen LogP contribution < -0.4 is 9.47 Å². The molecule has 0 bridgehead atoms. The molecule has 2 aromatic carbocycles. The van der Waals surface area contributed by atoms with E-state index in [1.165, 1.54) is 26.4 Å². The van der Waals surface area contributed by atoms with Crippen LogP contribution in [0.1, 0.15) is 16.7 Å². The summed E-state index contributed by atoms with van der Waals surface area (Å²) in [5.74, 6) is -0.601. The Hall–Kier alpha value is -4.21. The highest BCUT2D eigenvalue weighted by atomic mass is 16.6. The maximum Gasteiger partial charge on any atom is 0.363 e. The number of methoxy groups -OCH3 is 2. The normalized spacial score (nSPS) is 14.1. The Morgan fingerprint density at radius 3 is 2.65 bits per heavy atom. The molecule has 3 rings (SSSR count). The van der Waals surface area contributed by atoms with Gasteiger partial charge in [0.1, 0.15) is 0 Å². The average Bonchev–Trinajstić information content (AvgIpc) is 3.12. The van der Waals surface area contributed by atoms with E-state index in [0.717, 1.165) is 0 Å². The Morgan fingerprint density at radius 1 is 1.19 bits per heavy atom. The summed E-state index contributed by atoms with van der Waals surface area (Å²) in [6.07, 6.45) is 1.48. The lowest BCUT2D eigenvalue weighted by Crippen LogP contribution is -2.12. The number of nitro groups is 1. The zero-order valence-corrected chi connectivity index (χ0v) is 16.9. The van der Waals surface area contributed by atoms with Gasteiger partial charge >= 0.3 is 11.9 Å². The molecule has 1 heterocycles. The second-order valence-corrected chi connectivity index (χ2v) is 6.37. The summed E-state index contributed by atoms with van der Waals surface area (Å²) in [5.41, 5.74) is 1.29. The topological polar surface area (TPSA) is 127 Å². The number of hydrogen-bond donors (Lipinski definition) is 0. The number of hydrogen-bond acceptors (Lipinski definition) is 9. The predicted molar refractivity (Wildman–Crippen MR) is 109 cm³/mol. The van der Waals surface area contributed by atoms with E-state index >= 15 is 0 Å². The molecular formula is C21H18N2O8. The highest BCUT2D eigenvalue weighted by molar-refractivity contribution is 6.13. The summed E-state index contributed by atoms with van der Waals surface area (Å²) < 4.78 is 20.3. The zero-order valence-electron chi connectivity index (χ0n) is 16.9. The quantitative estimate of drug-likeness (QED) is 0.286. The van der Waals surface area contributed by atoms with Crippen LogP contribution in [0.5, 0.6) is 11.5 Å². The van der Waals surface area contributed by atoms with Gasteiger partial charge in [-0.05, 0) is 36.8 Å². The average molecular weight is 426 g/mol. The first-order valence-corrected chi connectivity index (χ1v) is 8.98. The number of nitro benzene ring substituents is 1. The molecule has 160 valence electrons. The smallest absolute Gasteiger partial charge is 0.363 e. The minimum Gasteiger partial charge on any atom is -0.493 e. The van der Waals surface area contributed by atoms with Crippen LogP contribution in [0.4, 0.5) is 5.69 Å². The van der Waals surface area contributed by atoms with Crippen LogP contribution in [0.25, 0.3) is 6.08 Å². The summed E-state index contributed by atoms with van der Waals surface area (Å²) in [5, 5.41) is 11.1. The number of carbonyl (C=O) groups excluding carboxylic acids is 2. The van der Waals surface area contributed by atoms with Crippen molar-refractivity contribution >= 4 is 29.6 Å². The highest BCUT2D eigenvalue weighted by Crippen LogP contribution is 2.30. The Bertz CT molecular complexity index is 1120. The van der Waals surface area contributed by atoms with Crippen molar-refractivity contribution in [2.24, 2.45) is 4.99 Å². The molecule has 0 fully saturated rings. The first-order chi connectivity index (χ1) is 14.8. The lowest BCUT2D eigenvalue weighted by molar-refractivity contribution is -0.385. The Kier molecular flexibility index (Phi) is 6.29. The lowest BCUT2D eigenvalue weighted by atomic mass is 10.1. The van der Waals surface area contributed by atoms with E-state index < -0.39 is 16.9 Å². The molecule has 0 saturated carbocycles. The van der Waals surface area contributed by atoms with Gasteiger partial charge in [-0.15, -0.1) is 0 Å². The summed E-state index contributed by atoms with van der Waals surface area (Å²) >= 11 is 0. The monoisotopic (exact) mass is 426 g/mol. The van der Waals surface area contributed by atoms with Gasteiger partial charge in [0.15, 0.2) is 23.8 Å². The van der Waals surface area contributed by atoms with Gasteiger partial charge in [0.2, 0.25) is 5.90 Å². The fourth-order valence-corrected chi connectivity index (χ4v) is 2.72. The third-order valence-corrected chi connectivity index (χ3v) is 4.34. The number of cyclic esters (lactones) is 1. The third-order valence-electron chi connectivity index (χ3n) is 4.34. The van der Waals surface area contributed by atoms with Gasteiger partial charge < -0.3 is 18.9 Å². The van der Waals surface area contributed by atoms with E-state index in [9.17, 15) is 19.7 Å². The molecule has 0 N–H and O–H groups in total. The molecule has 0 aromatic heterocycles. The Balaban J connectivity index is 1.87. The summed E-state index contributed by atoms with van der Waals surface area (Å²) in [7, 11) is 2.68. The van der Waals surface area contributed by atoms with E-state index in [1.54, 1.807) is 37.3 Å². The maximum atomic E-state index is 12.2. The molecular weight excluding hydrogens is 408 g/mol. The first kappa shape index (κ1) is 21.5. The molecule has 0 saturated heterocycles.